The number of phosphoric acid groups is 1. The molecule has 0 rings (SSSR count). The van der Waals surface area contributed by atoms with Gasteiger partial charge in [0.15, 0.2) is 0 Å². The van der Waals surface area contributed by atoms with Gasteiger partial charge in [-0.05, 0) is 77.0 Å². The van der Waals surface area contributed by atoms with Gasteiger partial charge < -0.3 is 20.1 Å². The van der Waals surface area contributed by atoms with Gasteiger partial charge in [-0.2, -0.15) is 0 Å². The van der Waals surface area contributed by atoms with Crippen LogP contribution in [0.2, 0.25) is 0 Å². The van der Waals surface area contributed by atoms with Crippen LogP contribution in [-0.4, -0.2) is 49.9 Å². The maximum atomic E-state index is 12.7. The molecule has 374 valence electrons. The van der Waals surface area contributed by atoms with Crippen molar-refractivity contribution >= 4 is 13.8 Å². The van der Waals surface area contributed by atoms with E-state index in [0.29, 0.717) is 13.0 Å². The molecule has 0 saturated carbocycles. The van der Waals surface area contributed by atoms with Crippen LogP contribution in [0.25, 0.3) is 0 Å². The first-order valence-electron chi connectivity index (χ1n) is 26.8. The Morgan fingerprint density at radius 1 is 0.484 bits per heavy atom. The van der Waals surface area contributed by atoms with Gasteiger partial charge in [-0.1, -0.05) is 222 Å². The lowest BCUT2D eigenvalue weighted by Gasteiger charge is -2.20. The molecule has 0 saturated heterocycles. The summed E-state index contributed by atoms with van der Waals surface area (Å²) >= 11 is 0. The molecule has 0 heterocycles. The maximum Gasteiger partial charge on any atom is 0.472 e. The van der Waals surface area contributed by atoms with Gasteiger partial charge in [0.25, 0.3) is 0 Å². The third kappa shape index (κ3) is 51.2. The molecule has 0 aliphatic carbocycles. The maximum absolute atomic E-state index is 12.7. The number of hydrogen-bond acceptors (Lipinski definition) is 7. The Hall–Kier alpha value is -1.80. The topological polar surface area (TPSA) is 117 Å². The summed E-state index contributed by atoms with van der Waals surface area (Å²) in [6.45, 7) is 4.83. The fourth-order valence-corrected chi connectivity index (χ4v) is 8.28. The summed E-state index contributed by atoms with van der Waals surface area (Å²) in [4.78, 5) is 22.6. The molecular weight excluding hydrogens is 818 g/mol. The standard InChI is InChI=1S/C55H102NO7P/c1-3-5-7-9-11-13-15-17-19-21-23-25-26-27-28-29-30-32-34-36-38-40-42-44-46-48-55(57)63-54(53-62-64(58,59)61-51-49-56)52-60-50-47-45-43-41-39-37-35-33-31-24-22-20-18-16-14-12-10-8-6-4-2/h5,7,11,13,17-20,23,25,54H,3-4,6,8-10,12,14-16,21-22,24,26-53,56H2,1-2H3,(H,58,59)/b7-5-,13-11-,19-17-,20-18-,25-23-. The average Bonchev–Trinajstić information content (AvgIpc) is 3.29. The molecule has 64 heavy (non-hydrogen) atoms. The monoisotopic (exact) mass is 920 g/mol. The van der Waals surface area contributed by atoms with Gasteiger partial charge >= 0.3 is 13.8 Å². The minimum absolute atomic E-state index is 0.0970. The highest BCUT2D eigenvalue weighted by Gasteiger charge is 2.25. The van der Waals surface area contributed by atoms with E-state index in [1.54, 1.807) is 0 Å². The van der Waals surface area contributed by atoms with Crippen LogP contribution in [0.15, 0.2) is 60.8 Å². The number of allylic oxidation sites excluding steroid dienone is 10. The fraction of sp³-hybridized carbons (Fsp3) is 0.800. The van der Waals surface area contributed by atoms with Crippen molar-refractivity contribution in [2.75, 3.05) is 33.0 Å². The SMILES string of the molecule is CC/C=C\C/C=C\C/C=C\C/C=C\CCCCCCCCCCCCCCC(=O)OC(COCCCCCCCCCCCC/C=C\CCCCCCCC)COP(=O)(O)OCCN. The van der Waals surface area contributed by atoms with E-state index in [4.69, 9.17) is 24.3 Å². The zero-order chi connectivity index (χ0) is 46.5. The molecule has 2 unspecified atom stereocenters. The number of phosphoric ester groups is 1. The van der Waals surface area contributed by atoms with E-state index in [1.165, 1.54) is 167 Å². The van der Waals surface area contributed by atoms with E-state index in [1.807, 2.05) is 0 Å². The Labute approximate surface area is 395 Å². The van der Waals surface area contributed by atoms with Crippen LogP contribution >= 0.6 is 7.82 Å². The van der Waals surface area contributed by atoms with Gasteiger partial charge in [-0.3, -0.25) is 13.8 Å². The molecule has 0 aliphatic heterocycles. The largest absolute Gasteiger partial charge is 0.472 e. The van der Waals surface area contributed by atoms with E-state index in [2.05, 4.69) is 74.6 Å². The summed E-state index contributed by atoms with van der Waals surface area (Å²) < 4.78 is 33.6. The molecule has 8 nitrogen and oxygen atoms in total. The lowest BCUT2D eigenvalue weighted by Crippen LogP contribution is -2.28. The zero-order valence-corrected chi connectivity index (χ0v) is 42.7. The number of esters is 1. The molecule has 3 N–H and O–H groups in total. The number of unbranched alkanes of at least 4 members (excludes halogenated alkanes) is 28. The minimum atomic E-state index is -4.29. The molecule has 0 aromatic carbocycles. The highest BCUT2D eigenvalue weighted by atomic mass is 31.2. The second kappa shape index (κ2) is 52.2. The number of carbonyl (C=O) groups excluding carboxylic acids is 1. The van der Waals surface area contributed by atoms with Crippen molar-refractivity contribution in [2.24, 2.45) is 5.73 Å². The van der Waals surface area contributed by atoms with Gasteiger partial charge in [0.1, 0.15) is 6.10 Å². The van der Waals surface area contributed by atoms with Crippen LogP contribution in [0.1, 0.15) is 245 Å². The van der Waals surface area contributed by atoms with Gasteiger partial charge in [0.2, 0.25) is 0 Å². The zero-order valence-electron chi connectivity index (χ0n) is 41.8. The van der Waals surface area contributed by atoms with Crippen molar-refractivity contribution in [3.63, 3.8) is 0 Å². The first-order valence-corrected chi connectivity index (χ1v) is 28.3. The molecule has 2 atom stereocenters. The Morgan fingerprint density at radius 2 is 0.875 bits per heavy atom. The first-order chi connectivity index (χ1) is 31.4. The predicted octanol–water partition coefficient (Wildman–Crippen LogP) is 16.9. The lowest BCUT2D eigenvalue weighted by molar-refractivity contribution is -0.154. The van der Waals surface area contributed by atoms with E-state index < -0.39 is 13.9 Å². The molecule has 0 amide bonds. The number of carbonyl (C=O) groups is 1. The van der Waals surface area contributed by atoms with Crippen molar-refractivity contribution < 1.29 is 32.8 Å². The van der Waals surface area contributed by atoms with Gasteiger partial charge in [-0.15, -0.1) is 0 Å². The van der Waals surface area contributed by atoms with Crippen molar-refractivity contribution in [2.45, 2.75) is 251 Å². The fourth-order valence-electron chi connectivity index (χ4n) is 7.51. The normalized spacial score (nSPS) is 13.8. The third-order valence-electron chi connectivity index (χ3n) is 11.4. The van der Waals surface area contributed by atoms with E-state index in [-0.39, 0.29) is 32.3 Å². The van der Waals surface area contributed by atoms with Crippen LogP contribution < -0.4 is 5.73 Å². The summed E-state index contributed by atoms with van der Waals surface area (Å²) in [5.41, 5.74) is 5.40. The third-order valence-corrected chi connectivity index (χ3v) is 12.4. The molecular formula is C55H102NO7P. The highest BCUT2D eigenvalue weighted by Crippen LogP contribution is 2.43. The molecule has 0 aromatic rings. The second-order valence-corrected chi connectivity index (χ2v) is 19.2. The Bertz CT molecular complexity index is 1170. The minimum Gasteiger partial charge on any atom is -0.457 e. The summed E-state index contributed by atoms with van der Waals surface area (Å²) in [7, 11) is -4.29. The highest BCUT2D eigenvalue weighted by molar-refractivity contribution is 7.47. The average molecular weight is 920 g/mol. The quantitative estimate of drug-likeness (QED) is 0.0268. The number of hydrogen-bond donors (Lipinski definition) is 2. The number of ether oxygens (including phenoxy) is 2. The smallest absolute Gasteiger partial charge is 0.457 e. The number of rotatable bonds is 51. The Kier molecular flexibility index (Phi) is 50.7. The van der Waals surface area contributed by atoms with Crippen LogP contribution in [-0.2, 0) is 27.9 Å². The van der Waals surface area contributed by atoms with Crippen LogP contribution in [0.5, 0.6) is 0 Å². The van der Waals surface area contributed by atoms with Crippen LogP contribution in [0, 0.1) is 0 Å². The van der Waals surface area contributed by atoms with Crippen molar-refractivity contribution in [1.82, 2.24) is 0 Å². The summed E-state index contributed by atoms with van der Waals surface area (Å²) in [6, 6.07) is 0. The molecule has 0 radical (unpaired) electrons. The number of nitrogens with two attached hydrogens (primary N) is 1. The summed E-state index contributed by atoms with van der Waals surface area (Å²) in [5.74, 6) is -0.332. The van der Waals surface area contributed by atoms with Crippen LogP contribution in [0.4, 0.5) is 0 Å². The lowest BCUT2D eigenvalue weighted by atomic mass is 10.0. The molecule has 0 fully saturated rings. The van der Waals surface area contributed by atoms with E-state index in [9.17, 15) is 14.3 Å². The van der Waals surface area contributed by atoms with Crippen LogP contribution in [0.3, 0.4) is 0 Å². The van der Waals surface area contributed by atoms with Crippen molar-refractivity contribution in [3.05, 3.63) is 60.8 Å². The molecule has 9 heteroatoms. The van der Waals surface area contributed by atoms with E-state index in [0.717, 1.165) is 57.8 Å². The molecule has 0 aromatic heterocycles. The van der Waals surface area contributed by atoms with Gasteiger partial charge in [0, 0.05) is 19.6 Å². The molecule has 0 spiro atoms. The van der Waals surface area contributed by atoms with Crippen molar-refractivity contribution in [3.8, 4) is 0 Å². The van der Waals surface area contributed by atoms with E-state index >= 15 is 0 Å². The Morgan fingerprint density at radius 3 is 1.33 bits per heavy atom. The van der Waals surface area contributed by atoms with Gasteiger partial charge in [0.05, 0.1) is 19.8 Å². The predicted molar refractivity (Wildman–Crippen MR) is 275 cm³/mol. The van der Waals surface area contributed by atoms with Gasteiger partial charge in [-0.25, -0.2) is 4.57 Å². The van der Waals surface area contributed by atoms with Crippen molar-refractivity contribution in [1.29, 1.82) is 0 Å². The molecule has 0 aliphatic rings. The summed E-state index contributed by atoms with van der Waals surface area (Å²) in [6.07, 6.45) is 65.4. The Balaban J connectivity index is 3.92. The summed E-state index contributed by atoms with van der Waals surface area (Å²) in [5, 5.41) is 0. The first kappa shape index (κ1) is 62.2. The molecule has 0 bridgehead atoms. The second-order valence-electron chi connectivity index (χ2n) is 17.7.